The summed E-state index contributed by atoms with van der Waals surface area (Å²) in [6.45, 7) is -1.31. The lowest BCUT2D eigenvalue weighted by Gasteiger charge is -2.32. The molecule has 1 aliphatic carbocycles. The number of rotatable bonds is 67. The van der Waals surface area contributed by atoms with Crippen molar-refractivity contribution in [3.63, 3.8) is 0 Å². The number of aliphatic hydroxyl groups is 7. The molecule has 0 radical (unpaired) electrons. The van der Waals surface area contributed by atoms with Gasteiger partial charge in [0, 0.05) is 77.9 Å². The van der Waals surface area contributed by atoms with Crippen LogP contribution < -0.4 is 81.0 Å². The first-order chi connectivity index (χ1) is 69.5. The van der Waals surface area contributed by atoms with Crippen LogP contribution in [0.4, 0.5) is 0 Å². The van der Waals surface area contributed by atoms with Gasteiger partial charge in [-0.2, -0.15) is 0 Å². The highest BCUT2D eigenvalue weighted by Gasteiger charge is 2.48. The van der Waals surface area contributed by atoms with E-state index < -0.39 is 330 Å². The van der Waals surface area contributed by atoms with Crippen molar-refractivity contribution in [3.05, 3.63) is 53.8 Å². The minimum absolute atomic E-state index is 0.0265. The fourth-order valence-corrected chi connectivity index (χ4v) is 16.3. The highest BCUT2D eigenvalue weighted by molar-refractivity contribution is 6.02. The number of benzene rings is 1. The van der Waals surface area contributed by atoms with Crippen LogP contribution in [0.5, 0.6) is 5.75 Å². The van der Waals surface area contributed by atoms with Crippen LogP contribution >= 0.6 is 0 Å². The zero-order valence-corrected chi connectivity index (χ0v) is 80.6. The van der Waals surface area contributed by atoms with Gasteiger partial charge in [-0.25, -0.2) is 0 Å². The van der Waals surface area contributed by atoms with Crippen LogP contribution in [0.15, 0.2) is 48.3 Å². The third kappa shape index (κ3) is 40.8. The van der Waals surface area contributed by atoms with Crippen molar-refractivity contribution in [3.8, 4) is 5.75 Å². The Hall–Kier alpha value is -13.5. The minimum Gasteiger partial charge on any atom is -0.508 e. The Balaban J connectivity index is 1.11. The number of nitrogens with two attached hydrogens (primary N) is 3. The number of guanidine groups is 1. The number of carboxylic acid groups (broad SMARTS) is 3. The summed E-state index contributed by atoms with van der Waals surface area (Å²) in [5.74, 6) is -26.2. The van der Waals surface area contributed by atoms with Gasteiger partial charge in [0.25, 0.3) is 0 Å². The first-order valence-corrected chi connectivity index (χ1v) is 47.5. The number of ether oxygens (including phenoxy) is 6. The number of carbonyl (C=O) groups is 20. The Bertz CT molecular complexity index is 4690. The van der Waals surface area contributed by atoms with Crippen molar-refractivity contribution < 1.29 is 180 Å². The maximum absolute atomic E-state index is 14.8. The molecule has 0 bridgehead atoms. The fraction of sp³-hybridized carbons (Fsp3) is 0.652. The second-order valence-corrected chi connectivity index (χ2v) is 34.8. The van der Waals surface area contributed by atoms with Crippen LogP contribution in [0.3, 0.4) is 0 Å². The number of nitrogens with zero attached hydrogens (tertiary/aromatic N) is 4. The van der Waals surface area contributed by atoms with E-state index in [-0.39, 0.29) is 128 Å². The normalized spacial score (nSPS) is 19.7. The monoisotopic (exact) mass is 2080 g/mol. The third-order valence-corrected chi connectivity index (χ3v) is 23.8. The number of amides is 17. The maximum atomic E-state index is 14.8. The molecule has 146 heavy (non-hydrogen) atoms. The minimum atomic E-state index is -2.13. The summed E-state index contributed by atoms with van der Waals surface area (Å²) >= 11 is 0. The molecule has 4 fully saturated rings. The summed E-state index contributed by atoms with van der Waals surface area (Å²) in [6.07, 6.45) is -6.56. The summed E-state index contributed by atoms with van der Waals surface area (Å²) in [7, 11) is 0. The van der Waals surface area contributed by atoms with Crippen molar-refractivity contribution in [2.75, 3.05) is 138 Å². The summed E-state index contributed by atoms with van der Waals surface area (Å²) in [6, 6.07) is -21.9. The van der Waals surface area contributed by atoms with Gasteiger partial charge in [-0.3, -0.25) is 101 Å². The Morgan fingerprint density at radius 1 is 0.425 bits per heavy atom. The average Bonchev–Trinajstić information content (AvgIpc) is 1.66. The van der Waals surface area contributed by atoms with E-state index in [1.54, 1.807) is 0 Å². The van der Waals surface area contributed by atoms with Crippen molar-refractivity contribution in [1.82, 2.24) is 83.4 Å². The second-order valence-electron chi connectivity index (χ2n) is 34.8. The summed E-state index contributed by atoms with van der Waals surface area (Å²) in [5.41, 5.74) is 16.4. The number of primary amides is 2. The Morgan fingerprint density at radius 3 is 1.23 bits per heavy atom. The number of allylic oxidation sites excluding steroid dienone is 3. The number of aliphatic hydroxyl groups excluding tert-OH is 7. The van der Waals surface area contributed by atoms with Crippen LogP contribution in [0.25, 0.3) is 0 Å². The number of likely N-dealkylation sites (tertiary alicyclic amines) is 4. The quantitative estimate of drug-likeness (QED) is 0.0164. The van der Waals surface area contributed by atoms with E-state index in [4.69, 9.17) is 51.0 Å². The molecule has 18 unspecified atom stereocenters. The van der Waals surface area contributed by atoms with E-state index in [1.165, 1.54) is 42.5 Å². The lowest BCUT2D eigenvalue weighted by atomic mass is 9.92. The molecule has 17 amide bonds. The molecule has 57 nitrogen and oxygen atoms in total. The molecule has 5 aliphatic rings. The largest absolute Gasteiger partial charge is 0.508 e. The molecule has 1 aromatic carbocycles. The van der Waals surface area contributed by atoms with Crippen LogP contribution in [0.1, 0.15) is 122 Å². The fourth-order valence-electron chi connectivity index (χ4n) is 16.3. The van der Waals surface area contributed by atoms with Gasteiger partial charge in [-0.1, -0.05) is 18.2 Å². The number of phenols is 1. The molecular weight excluding hydrogens is 1940 g/mol. The van der Waals surface area contributed by atoms with Gasteiger partial charge in [-0.15, -0.1) is 0 Å². The van der Waals surface area contributed by atoms with Crippen LogP contribution in [0, 0.1) is 11.3 Å². The van der Waals surface area contributed by atoms with E-state index in [1.807, 2.05) is 6.92 Å². The number of phenolic OH excluding ortho intramolecular Hbond substituents is 1. The highest BCUT2D eigenvalue weighted by Crippen LogP contribution is 2.28. The van der Waals surface area contributed by atoms with E-state index in [0.717, 1.165) is 14.7 Å². The predicted molar refractivity (Wildman–Crippen MR) is 499 cm³/mol. The summed E-state index contributed by atoms with van der Waals surface area (Å²) < 4.78 is 32.4. The van der Waals surface area contributed by atoms with Gasteiger partial charge in [0.1, 0.15) is 102 Å². The molecule has 0 aromatic heterocycles. The van der Waals surface area contributed by atoms with Crippen LogP contribution in [-0.4, -0.2) is 441 Å². The molecular formula is C89H136N20O37. The van der Waals surface area contributed by atoms with Gasteiger partial charge >= 0.3 is 17.9 Å². The number of carbonyl (C=O) groups excluding carboxylic acids is 17. The topological polar surface area (TPSA) is 879 Å². The molecule has 57 heteroatoms. The zero-order valence-electron chi connectivity index (χ0n) is 80.6. The van der Waals surface area contributed by atoms with Crippen LogP contribution in [0.2, 0.25) is 0 Å². The van der Waals surface area contributed by atoms with Gasteiger partial charge in [0.2, 0.25) is 100 Å². The lowest BCUT2D eigenvalue weighted by molar-refractivity contribution is -0.147. The number of β-amino-alcohol motifs (C(OH)–C–C–N with tert-alkyl or cyclic N) is 2. The second kappa shape index (κ2) is 63.0. The molecule has 0 spiro atoms. The molecule has 1 aromatic rings. The smallest absolute Gasteiger partial charge is 0.305 e. The number of nitrogens with one attached hydrogen (secondary N) is 13. The van der Waals surface area contributed by atoms with Gasteiger partial charge in [-0.05, 0) is 107 Å². The maximum Gasteiger partial charge on any atom is 0.305 e. The highest BCUT2D eigenvalue weighted by atomic mass is 16.6. The van der Waals surface area contributed by atoms with Gasteiger partial charge < -0.3 is 185 Å². The molecule has 18 atom stereocenters. The van der Waals surface area contributed by atoms with Crippen molar-refractivity contribution in [2.45, 2.75) is 225 Å². The number of hydrogen-bond donors (Lipinski definition) is 27. The van der Waals surface area contributed by atoms with E-state index >= 15 is 0 Å². The first kappa shape index (κ1) is 121. The van der Waals surface area contributed by atoms with Crippen LogP contribution in [-0.2, 0) is 131 Å². The third-order valence-electron chi connectivity index (χ3n) is 23.8. The molecule has 4 aliphatic heterocycles. The molecule has 0 saturated carbocycles. The lowest BCUT2D eigenvalue weighted by Crippen LogP contribution is -2.61. The first-order valence-electron chi connectivity index (χ1n) is 47.5. The Labute approximate surface area is 836 Å². The average molecular weight is 2080 g/mol. The number of hydrogen-bond acceptors (Lipinski definition) is 35. The molecule has 4 saturated heterocycles. The van der Waals surface area contributed by atoms with Gasteiger partial charge in [0.15, 0.2) is 5.96 Å². The van der Waals surface area contributed by atoms with E-state index in [9.17, 15) is 152 Å². The van der Waals surface area contributed by atoms with Gasteiger partial charge in [0.05, 0.1) is 124 Å². The Morgan fingerprint density at radius 2 is 0.808 bits per heavy atom. The zero-order chi connectivity index (χ0) is 108. The van der Waals surface area contributed by atoms with Crippen molar-refractivity contribution in [2.24, 2.45) is 23.1 Å². The molecule has 814 valence electrons. The SMILES string of the molecule is CCOCCOCCOCCOCCOCCOCCC(=O)NC(CCC(=O)O)C(=O)NC(CCCNC(=N)N)C(=O)NC(CC(=O)O)C(=O)N1CCCC1C(=O)NC(CC1C=CC(O)=CC1)C(=O)NC(CO)C(=O)N1CC(O)CC1C(=O)NC(CO)C(=O)NC(CCC(N)=O)C(=O)NC(CC(=O)O)C(=O)N1CCCC1C(=O)NC(Cc1ccc(O)cc1)C(=O)NC(CO)C(=O)N1CC(O)CC1C(=O)NC(CO)C(N)=O. The molecule has 30 N–H and O–H groups in total. The number of carboxylic acids is 3. The number of aliphatic carboxylic acids is 3. The van der Waals surface area contributed by atoms with E-state index in [0.29, 0.717) is 51.1 Å². The van der Waals surface area contributed by atoms with E-state index in [2.05, 4.69) is 63.8 Å². The predicted octanol–water partition coefficient (Wildman–Crippen LogP) is -12.1. The Kier molecular flexibility index (Phi) is 52.3. The molecule has 6 rings (SSSR count). The summed E-state index contributed by atoms with van der Waals surface area (Å²) in [4.78, 5) is 279. The number of aromatic hydroxyl groups is 1. The van der Waals surface area contributed by atoms with Crippen molar-refractivity contribution >= 4 is 124 Å². The van der Waals surface area contributed by atoms with Crippen molar-refractivity contribution in [1.29, 1.82) is 5.41 Å². The molecule has 4 heterocycles. The standard InChI is InChI=1S/C89H136N20O37/c1-2-141-26-27-143-30-31-145-34-35-146-33-32-144-29-28-142-25-21-70(119)95-55(18-20-71(120)121)76(128)96-54(6-3-22-94-89(92)93)75(127)100-59(40-72(122)123)85(137)106-23-4-7-65(106)81(133)98-58(37-49-11-15-51(115)16-12-49)79(131)105-64(47-113)88(140)109-43-53(117)39-68(109)84(136)103-62(45-111)80(132)97-56(17-19-69(90)118)77(129)101-60(41-73(124)125)86(138)107-24-5-8-66(107)82(134)99-57(36-48-9-13-50(114)14-10-48)78(130)104-63(46-112)87(139)108-42-52(116)38-67(108)83(135)102-61(44-110)74(91)126/h9-11,13-16,49,52-68,110-117H,2-8,12,17-47H2,1H3,(H2,90,118)(H2,91,126)(H,95,119)(H,96,128)(H,97,132)(H,98,133)(H,99,134)(H,100,127)(H,101,129)(H,102,135)(H,103,136)(H,104,130)(H,105,131)(H,120,121)(H,122,123)(H,124,125)(H4,92,93,94). The summed E-state index contributed by atoms with van der Waals surface area (Å²) in [5, 5.41) is 149.